The van der Waals surface area contributed by atoms with E-state index < -0.39 is 21.2 Å². The van der Waals surface area contributed by atoms with Crippen LogP contribution >= 0.6 is 15.9 Å². The summed E-state index contributed by atoms with van der Waals surface area (Å²) in [5, 5.41) is 11.4. The summed E-state index contributed by atoms with van der Waals surface area (Å²) in [6.07, 6.45) is 1.52. The van der Waals surface area contributed by atoms with Crippen LogP contribution in [-0.4, -0.2) is 42.7 Å². The molecule has 2 rings (SSSR count). The van der Waals surface area contributed by atoms with Crippen molar-refractivity contribution in [3.05, 3.63) is 57.6 Å². The van der Waals surface area contributed by atoms with Crippen molar-refractivity contribution >= 4 is 43.5 Å². The first kappa shape index (κ1) is 26.9. The minimum Gasteiger partial charge on any atom is -0.465 e. The van der Waals surface area contributed by atoms with Crippen LogP contribution in [0, 0.1) is 0 Å². The minimum absolute atomic E-state index is 0.0749. The number of anilines is 1. The van der Waals surface area contributed by atoms with E-state index in [0.29, 0.717) is 24.1 Å². The molecule has 0 unspecified atom stereocenters. The van der Waals surface area contributed by atoms with Gasteiger partial charge in [-0.3, -0.25) is 4.79 Å². The van der Waals surface area contributed by atoms with Crippen LogP contribution in [0.5, 0.6) is 0 Å². The van der Waals surface area contributed by atoms with E-state index in [1.807, 2.05) is 6.07 Å². The van der Waals surface area contributed by atoms with E-state index in [9.17, 15) is 23.1 Å². The molecule has 0 saturated heterocycles. The molecular formula is C24H31BrN2O5S. The van der Waals surface area contributed by atoms with E-state index in [1.165, 1.54) is 30.3 Å². The van der Waals surface area contributed by atoms with Crippen molar-refractivity contribution in [2.75, 3.05) is 12.4 Å². The first-order chi connectivity index (χ1) is 15.4. The number of carbonyl (C=O) groups excluding carboxylic acids is 1. The number of amides is 2. The highest BCUT2D eigenvalue weighted by molar-refractivity contribution is 9.10. The van der Waals surface area contributed by atoms with Crippen LogP contribution < -0.4 is 5.32 Å². The van der Waals surface area contributed by atoms with Gasteiger partial charge in [0.1, 0.15) is 0 Å². The molecule has 7 nitrogen and oxygen atoms in total. The summed E-state index contributed by atoms with van der Waals surface area (Å²) in [5.74, 6) is -0.179. The van der Waals surface area contributed by atoms with Gasteiger partial charge in [0.15, 0.2) is 9.84 Å². The number of nitrogens with zero attached hydrogens (tertiary/aromatic N) is 1. The Kier molecular flexibility index (Phi) is 9.48. The van der Waals surface area contributed by atoms with E-state index in [-0.39, 0.29) is 17.3 Å². The fraction of sp³-hybridized carbons (Fsp3) is 0.417. The number of hydrogen-bond donors (Lipinski definition) is 2. The monoisotopic (exact) mass is 538 g/mol. The van der Waals surface area contributed by atoms with Crippen LogP contribution in [0.3, 0.4) is 0 Å². The summed E-state index contributed by atoms with van der Waals surface area (Å²) < 4.78 is 26.5. The molecule has 2 aromatic rings. The standard InChI is InChI=1S/C24H31BrN2O5S/c1-5-17-13-20(25)10-9-18(17)7-6-8-23(28)26-21-11-12-22(33(31,32)16(2)3)19(14-21)15-27(4)24(29)30/h9-14,16H,5-8,15H2,1-4H3,(H,26,28)(H,29,30). The average molecular weight is 539 g/mol. The van der Waals surface area contributed by atoms with Crippen LogP contribution in [0.2, 0.25) is 0 Å². The first-order valence-electron chi connectivity index (χ1n) is 10.8. The maximum atomic E-state index is 12.7. The number of halogens is 1. The molecule has 0 heterocycles. The largest absolute Gasteiger partial charge is 0.465 e. The third-order valence-electron chi connectivity index (χ3n) is 5.40. The minimum atomic E-state index is -3.61. The third kappa shape index (κ3) is 7.30. The molecule has 0 fully saturated rings. The van der Waals surface area contributed by atoms with Crippen molar-refractivity contribution in [2.24, 2.45) is 0 Å². The van der Waals surface area contributed by atoms with E-state index in [2.05, 4.69) is 40.3 Å². The summed E-state index contributed by atoms with van der Waals surface area (Å²) >= 11 is 3.48. The lowest BCUT2D eigenvalue weighted by atomic mass is 10.00. The van der Waals surface area contributed by atoms with Crippen molar-refractivity contribution < 1.29 is 23.1 Å². The summed E-state index contributed by atoms with van der Waals surface area (Å²) in [7, 11) is -2.25. The Balaban J connectivity index is 2.13. The molecule has 2 amide bonds. The van der Waals surface area contributed by atoms with Crippen molar-refractivity contribution in [3.8, 4) is 0 Å². The summed E-state index contributed by atoms with van der Waals surface area (Å²) in [4.78, 5) is 24.8. The molecule has 0 aliphatic heterocycles. The predicted octanol–water partition coefficient (Wildman–Crippen LogP) is 5.26. The van der Waals surface area contributed by atoms with Gasteiger partial charge >= 0.3 is 6.09 Å². The lowest BCUT2D eigenvalue weighted by molar-refractivity contribution is -0.116. The number of rotatable bonds is 10. The molecule has 0 bridgehead atoms. The number of nitrogens with one attached hydrogen (secondary N) is 1. The molecule has 2 aromatic carbocycles. The average Bonchev–Trinajstić information content (AvgIpc) is 2.74. The number of carbonyl (C=O) groups is 2. The van der Waals surface area contributed by atoms with Gasteiger partial charge in [0.05, 0.1) is 16.7 Å². The molecule has 2 N–H and O–H groups in total. The second-order valence-corrected chi connectivity index (χ2v) is 11.6. The van der Waals surface area contributed by atoms with Gasteiger partial charge < -0.3 is 15.3 Å². The van der Waals surface area contributed by atoms with Gasteiger partial charge in [0.2, 0.25) is 5.91 Å². The normalized spacial score (nSPS) is 11.5. The van der Waals surface area contributed by atoms with Crippen LogP contribution in [0.15, 0.2) is 45.8 Å². The van der Waals surface area contributed by atoms with Gasteiger partial charge in [-0.25, -0.2) is 13.2 Å². The van der Waals surface area contributed by atoms with Crippen molar-refractivity contribution in [2.45, 2.75) is 63.1 Å². The van der Waals surface area contributed by atoms with Gasteiger partial charge in [-0.2, -0.15) is 0 Å². The van der Waals surface area contributed by atoms with Crippen molar-refractivity contribution in [1.29, 1.82) is 0 Å². The molecule has 0 radical (unpaired) electrons. The van der Waals surface area contributed by atoms with Crippen LogP contribution in [-0.2, 0) is 34.0 Å². The van der Waals surface area contributed by atoms with Crippen LogP contribution in [0.25, 0.3) is 0 Å². The number of aryl methyl sites for hydroxylation is 2. The molecule has 9 heteroatoms. The molecule has 0 atom stereocenters. The van der Waals surface area contributed by atoms with Crippen LogP contribution in [0.4, 0.5) is 10.5 Å². The summed E-state index contributed by atoms with van der Waals surface area (Å²) in [5.41, 5.74) is 3.23. The Morgan fingerprint density at radius 3 is 2.39 bits per heavy atom. The summed E-state index contributed by atoms with van der Waals surface area (Å²) in [6, 6.07) is 10.7. The van der Waals surface area contributed by atoms with E-state index in [4.69, 9.17) is 0 Å². The number of carboxylic acid groups (broad SMARTS) is 1. The highest BCUT2D eigenvalue weighted by atomic mass is 79.9. The molecule has 33 heavy (non-hydrogen) atoms. The number of benzene rings is 2. The number of sulfone groups is 1. The fourth-order valence-corrected chi connectivity index (χ4v) is 5.13. The Morgan fingerprint density at radius 2 is 1.79 bits per heavy atom. The molecule has 0 aliphatic rings. The maximum Gasteiger partial charge on any atom is 0.407 e. The molecule has 0 aliphatic carbocycles. The van der Waals surface area contributed by atoms with E-state index in [1.54, 1.807) is 19.9 Å². The predicted molar refractivity (Wildman–Crippen MR) is 133 cm³/mol. The molecule has 0 aromatic heterocycles. The van der Waals surface area contributed by atoms with Gasteiger partial charge in [-0.1, -0.05) is 28.9 Å². The summed E-state index contributed by atoms with van der Waals surface area (Å²) in [6.45, 7) is 5.14. The Morgan fingerprint density at radius 1 is 1.09 bits per heavy atom. The van der Waals surface area contributed by atoms with Crippen molar-refractivity contribution in [1.82, 2.24) is 4.90 Å². The van der Waals surface area contributed by atoms with Gasteiger partial charge in [-0.05, 0) is 80.1 Å². The van der Waals surface area contributed by atoms with Gasteiger partial charge in [-0.15, -0.1) is 0 Å². The van der Waals surface area contributed by atoms with Gasteiger partial charge in [0.25, 0.3) is 0 Å². The smallest absolute Gasteiger partial charge is 0.407 e. The van der Waals surface area contributed by atoms with Gasteiger partial charge in [0, 0.05) is 23.6 Å². The van der Waals surface area contributed by atoms with E-state index >= 15 is 0 Å². The highest BCUT2D eigenvalue weighted by Gasteiger charge is 2.24. The Labute approximate surface area is 204 Å². The highest BCUT2D eigenvalue weighted by Crippen LogP contribution is 2.26. The molecule has 0 spiro atoms. The van der Waals surface area contributed by atoms with E-state index in [0.717, 1.165) is 22.2 Å². The molecule has 180 valence electrons. The molecular weight excluding hydrogens is 508 g/mol. The lowest BCUT2D eigenvalue weighted by Crippen LogP contribution is -2.26. The van der Waals surface area contributed by atoms with Crippen molar-refractivity contribution in [3.63, 3.8) is 0 Å². The zero-order valence-electron chi connectivity index (χ0n) is 19.4. The first-order valence-corrected chi connectivity index (χ1v) is 13.2. The zero-order chi connectivity index (χ0) is 24.8. The van der Waals surface area contributed by atoms with Crippen LogP contribution in [0.1, 0.15) is 50.3 Å². The molecule has 0 saturated carbocycles. The zero-order valence-corrected chi connectivity index (χ0v) is 21.8. The quantitative estimate of drug-likeness (QED) is 0.429. The second-order valence-electron chi connectivity index (χ2n) is 8.22. The lowest BCUT2D eigenvalue weighted by Gasteiger charge is -2.19. The Hall–Kier alpha value is -2.39. The fourth-order valence-electron chi connectivity index (χ4n) is 3.47. The Bertz CT molecular complexity index is 1120. The third-order valence-corrected chi connectivity index (χ3v) is 8.15. The maximum absolute atomic E-state index is 12.7. The SMILES string of the molecule is CCc1cc(Br)ccc1CCCC(=O)Nc1ccc(S(=O)(=O)C(C)C)c(CN(C)C(=O)O)c1. The number of hydrogen-bond acceptors (Lipinski definition) is 4. The second kappa shape index (κ2) is 11.7. The topological polar surface area (TPSA) is 104 Å².